The molecule has 1 saturated carbocycles. The van der Waals surface area contributed by atoms with Gasteiger partial charge in [-0.3, -0.25) is 4.79 Å². The summed E-state index contributed by atoms with van der Waals surface area (Å²) in [4.78, 5) is 28.1. The molecular formula is C32H35NO6. The van der Waals surface area contributed by atoms with Crippen molar-refractivity contribution in [3.8, 4) is 11.5 Å². The van der Waals surface area contributed by atoms with Crippen LogP contribution in [0.2, 0.25) is 0 Å². The van der Waals surface area contributed by atoms with Crippen LogP contribution >= 0.6 is 0 Å². The SMILES string of the molecule is COc1ccc2c(c1OCc1ccccc1)CC(C(=O)O)N(C(=O)C(OC1CCCC1C)c1ccccc1)C2. The molecule has 5 rings (SSSR count). The fourth-order valence-corrected chi connectivity index (χ4v) is 5.66. The summed E-state index contributed by atoms with van der Waals surface area (Å²) in [6.45, 7) is 2.60. The highest BCUT2D eigenvalue weighted by Crippen LogP contribution is 2.40. The van der Waals surface area contributed by atoms with Crippen LogP contribution in [0.25, 0.3) is 0 Å². The molecule has 1 aliphatic heterocycles. The Morgan fingerprint density at radius 1 is 1.00 bits per heavy atom. The number of fused-ring (bicyclic) bond motifs is 1. The van der Waals surface area contributed by atoms with Gasteiger partial charge in [-0.15, -0.1) is 0 Å². The second kappa shape index (κ2) is 11.9. The van der Waals surface area contributed by atoms with E-state index in [1.54, 1.807) is 7.11 Å². The van der Waals surface area contributed by atoms with Crippen molar-refractivity contribution in [2.24, 2.45) is 5.92 Å². The van der Waals surface area contributed by atoms with E-state index in [0.717, 1.165) is 41.5 Å². The van der Waals surface area contributed by atoms with E-state index in [-0.39, 0.29) is 25.0 Å². The van der Waals surface area contributed by atoms with E-state index in [0.29, 0.717) is 24.0 Å². The molecule has 2 aliphatic rings. The highest BCUT2D eigenvalue weighted by atomic mass is 16.5. The van der Waals surface area contributed by atoms with Gasteiger partial charge in [0.1, 0.15) is 12.6 Å². The number of ether oxygens (including phenoxy) is 3. The Kier molecular flexibility index (Phi) is 8.17. The van der Waals surface area contributed by atoms with Gasteiger partial charge in [0, 0.05) is 18.5 Å². The van der Waals surface area contributed by atoms with E-state index >= 15 is 0 Å². The third kappa shape index (κ3) is 5.78. The molecule has 7 heteroatoms. The number of rotatable bonds is 9. The number of carboxylic acid groups (broad SMARTS) is 1. The van der Waals surface area contributed by atoms with Crippen LogP contribution in [0.15, 0.2) is 72.8 Å². The summed E-state index contributed by atoms with van der Waals surface area (Å²) >= 11 is 0. The fourth-order valence-electron chi connectivity index (χ4n) is 5.66. The number of nitrogens with zero attached hydrogens (tertiary/aromatic N) is 1. The first-order chi connectivity index (χ1) is 19.0. The normalized spacial score (nSPS) is 21.2. The summed E-state index contributed by atoms with van der Waals surface area (Å²) in [5.41, 5.74) is 3.32. The third-order valence-electron chi connectivity index (χ3n) is 7.87. The molecule has 0 spiro atoms. The highest BCUT2D eigenvalue weighted by molar-refractivity contribution is 5.88. The Morgan fingerprint density at radius 2 is 1.72 bits per heavy atom. The zero-order valence-electron chi connectivity index (χ0n) is 22.4. The van der Waals surface area contributed by atoms with Crippen molar-refractivity contribution in [3.63, 3.8) is 0 Å². The van der Waals surface area contributed by atoms with Crippen molar-refractivity contribution in [1.29, 1.82) is 0 Å². The van der Waals surface area contributed by atoms with Crippen LogP contribution in [-0.2, 0) is 33.9 Å². The van der Waals surface area contributed by atoms with E-state index in [1.807, 2.05) is 72.8 Å². The van der Waals surface area contributed by atoms with E-state index < -0.39 is 18.1 Å². The Hall–Kier alpha value is -3.84. The molecule has 204 valence electrons. The van der Waals surface area contributed by atoms with Crippen molar-refractivity contribution in [1.82, 2.24) is 4.90 Å². The van der Waals surface area contributed by atoms with Crippen LogP contribution in [0.1, 0.15) is 54.5 Å². The van der Waals surface area contributed by atoms with Gasteiger partial charge in [-0.2, -0.15) is 0 Å². The average molecular weight is 530 g/mol. The van der Waals surface area contributed by atoms with Crippen molar-refractivity contribution in [2.75, 3.05) is 7.11 Å². The van der Waals surface area contributed by atoms with Gasteiger partial charge in [0.2, 0.25) is 0 Å². The van der Waals surface area contributed by atoms with E-state index in [1.165, 1.54) is 4.90 Å². The molecule has 3 aromatic carbocycles. The van der Waals surface area contributed by atoms with Gasteiger partial charge in [0.05, 0.1) is 13.2 Å². The number of hydrogen-bond donors (Lipinski definition) is 1. The minimum absolute atomic E-state index is 0.0400. The first kappa shape index (κ1) is 26.8. The van der Waals surface area contributed by atoms with E-state index in [4.69, 9.17) is 14.2 Å². The molecule has 0 bridgehead atoms. The average Bonchev–Trinajstić information content (AvgIpc) is 3.38. The quantitative estimate of drug-likeness (QED) is 0.391. The number of methoxy groups -OCH3 is 1. The molecule has 0 aromatic heterocycles. The maximum Gasteiger partial charge on any atom is 0.326 e. The molecule has 39 heavy (non-hydrogen) atoms. The summed E-state index contributed by atoms with van der Waals surface area (Å²) < 4.78 is 18.2. The molecule has 1 aliphatic carbocycles. The van der Waals surface area contributed by atoms with Gasteiger partial charge in [-0.05, 0) is 41.5 Å². The van der Waals surface area contributed by atoms with Crippen molar-refractivity contribution in [2.45, 2.75) is 64.0 Å². The van der Waals surface area contributed by atoms with Gasteiger partial charge >= 0.3 is 5.97 Å². The van der Waals surface area contributed by atoms with Gasteiger partial charge in [-0.1, -0.05) is 80.1 Å². The Morgan fingerprint density at radius 3 is 2.36 bits per heavy atom. The van der Waals surface area contributed by atoms with Crippen LogP contribution in [0.5, 0.6) is 11.5 Å². The highest BCUT2D eigenvalue weighted by Gasteiger charge is 2.41. The maximum absolute atomic E-state index is 14.1. The molecule has 1 amide bonds. The summed E-state index contributed by atoms with van der Waals surface area (Å²) in [5.74, 6) is 0.00750. The largest absolute Gasteiger partial charge is 0.493 e. The lowest BCUT2D eigenvalue weighted by atomic mass is 9.91. The maximum atomic E-state index is 14.1. The van der Waals surface area contributed by atoms with Crippen molar-refractivity contribution < 1.29 is 28.9 Å². The van der Waals surface area contributed by atoms with Crippen LogP contribution in [0, 0.1) is 5.92 Å². The van der Waals surface area contributed by atoms with Gasteiger partial charge < -0.3 is 24.2 Å². The lowest BCUT2D eigenvalue weighted by Crippen LogP contribution is -2.51. The first-order valence-electron chi connectivity index (χ1n) is 13.6. The lowest BCUT2D eigenvalue weighted by Gasteiger charge is -2.38. The second-order valence-electron chi connectivity index (χ2n) is 10.4. The molecule has 1 N–H and O–H groups in total. The molecule has 1 fully saturated rings. The molecule has 7 nitrogen and oxygen atoms in total. The Balaban J connectivity index is 1.46. The summed E-state index contributed by atoms with van der Waals surface area (Å²) in [7, 11) is 1.57. The summed E-state index contributed by atoms with van der Waals surface area (Å²) in [5, 5.41) is 10.3. The van der Waals surface area contributed by atoms with Crippen LogP contribution in [0.4, 0.5) is 0 Å². The fraction of sp³-hybridized carbons (Fsp3) is 0.375. The first-order valence-corrected chi connectivity index (χ1v) is 13.6. The third-order valence-corrected chi connectivity index (χ3v) is 7.87. The second-order valence-corrected chi connectivity index (χ2v) is 10.4. The van der Waals surface area contributed by atoms with Crippen LogP contribution in [-0.4, -0.2) is 41.1 Å². The number of aliphatic carboxylic acids is 1. The minimum atomic E-state index is -1.06. The number of amides is 1. The molecule has 4 unspecified atom stereocenters. The Bertz CT molecular complexity index is 1290. The summed E-state index contributed by atoms with van der Waals surface area (Å²) in [6.07, 6.45) is 2.21. The van der Waals surface area contributed by atoms with Crippen molar-refractivity contribution >= 4 is 11.9 Å². The molecular weight excluding hydrogens is 494 g/mol. The van der Waals surface area contributed by atoms with Crippen LogP contribution in [0.3, 0.4) is 0 Å². The molecule has 0 radical (unpaired) electrons. The number of benzene rings is 3. The van der Waals surface area contributed by atoms with Gasteiger partial charge in [0.15, 0.2) is 17.6 Å². The standard InChI is InChI=1S/C32H35NO6/c1-21-10-9-15-27(21)39-29(23-13-7-4-8-14-23)31(34)33-19-24-16-17-28(37-2)30(25(24)18-26(33)32(35)36)38-20-22-11-5-3-6-12-22/h3-8,11-14,16-17,21,26-27,29H,9-10,15,18-20H2,1-2H3,(H,35,36). The smallest absolute Gasteiger partial charge is 0.326 e. The molecule has 4 atom stereocenters. The van der Waals surface area contributed by atoms with Gasteiger partial charge in [-0.25, -0.2) is 4.79 Å². The topological polar surface area (TPSA) is 85.3 Å². The Labute approximate surface area is 229 Å². The predicted molar refractivity (Wildman–Crippen MR) is 147 cm³/mol. The zero-order chi connectivity index (χ0) is 27.4. The monoisotopic (exact) mass is 529 g/mol. The molecule has 3 aromatic rings. The van der Waals surface area contributed by atoms with Crippen LogP contribution < -0.4 is 9.47 Å². The number of carbonyl (C=O) groups is 2. The number of carboxylic acids is 1. The number of carbonyl (C=O) groups excluding carboxylic acids is 1. The minimum Gasteiger partial charge on any atom is -0.493 e. The molecule has 0 saturated heterocycles. The molecule has 1 heterocycles. The van der Waals surface area contributed by atoms with E-state index in [9.17, 15) is 14.7 Å². The zero-order valence-corrected chi connectivity index (χ0v) is 22.4. The predicted octanol–water partition coefficient (Wildman–Crippen LogP) is 5.56. The van der Waals surface area contributed by atoms with Crippen molar-refractivity contribution in [3.05, 3.63) is 95.1 Å². The van der Waals surface area contributed by atoms with Gasteiger partial charge in [0.25, 0.3) is 5.91 Å². The lowest BCUT2D eigenvalue weighted by molar-refractivity contribution is -0.161. The van der Waals surface area contributed by atoms with E-state index in [2.05, 4.69) is 6.92 Å². The summed E-state index contributed by atoms with van der Waals surface area (Å²) in [6, 6.07) is 21.8. The number of hydrogen-bond acceptors (Lipinski definition) is 5.